The Balaban J connectivity index is 2.30. The van der Waals surface area contributed by atoms with Crippen molar-refractivity contribution < 1.29 is 4.79 Å². The van der Waals surface area contributed by atoms with Gasteiger partial charge < -0.3 is 0 Å². The third-order valence-corrected chi connectivity index (χ3v) is 4.38. The minimum Gasteiger partial charge on any atom is -0.294 e. The van der Waals surface area contributed by atoms with Crippen LogP contribution in [-0.4, -0.2) is 11.5 Å². The molecule has 1 aromatic rings. The zero-order valence-electron chi connectivity index (χ0n) is 13.2. The molecule has 0 aliphatic carbocycles. The molecule has 0 bridgehead atoms. The highest BCUT2D eigenvalue weighted by Gasteiger charge is 2.07. The van der Waals surface area contributed by atoms with Gasteiger partial charge in [-0.05, 0) is 30.2 Å². The number of thioether (sulfide) groups is 1. The van der Waals surface area contributed by atoms with Crippen molar-refractivity contribution in [1.82, 2.24) is 0 Å². The van der Waals surface area contributed by atoms with E-state index in [4.69, 9.17) is 0 Å². The van der Waals surface area contributed by atoms with Crippen LogP contribution in [0.5, 0.6) is 0 Å². The van der Waals surface area contributed by atoms with E-state index in [0.29, 0.717) is 12.3 Å². The second-order valence-corrected chi connectivity index (χ2v) is 6.98. The van der Waals surface area contributed by atoms with Gasteiger partial charge in [0.2, 0.25) is 0 Å². The summed E-state index contributed by atoms with van der Waals surface area (Å²) < 4.78 is 0. The van der Waals surface area contributed by atoms with Gasteiger partial charge in [0.1, 0.15) is 0 Å². The lowest BCUT2D eigenvalue weighted by atomic mass is 10.0. The molecule has 0 aliphatic rings. The van der Waals surface area contributed by atoms with E-state index in [9.17, 15) is 4.79 Å². The standard InChI is InChI=1S/C18H28OS/c1-4-5-6-7-8-13-20-17-11-9-16(10-12-17)18(19)14-15(2)3/h9-12,15H,4-8,13-14H2,1-3H3. The molecular weight excluding hydrogens is 264 g/mol. The molecule has 0 saturated heterocycles. The highest BCUT2D eigenvalue weighted by atomic mass is 32.2. The molecule has 0 saturated carbocycles. The molecule has 112 valence electrons. The van der Waals surface area contributed by atoms with Gasteiger partial charge in [-0.2, -0.15) is 0 Å². The first-order valence-corrected chi connectivity index (χ1v) is 8.88. The Bertz CT molecular complexity index is 381. The molecule has 2 heteroatoms. The zero-order valence-corrected chi connectivity index (χ0v) is 14.0. The average molecular weight is 292 g/mol. The maximum absolute atomic E-state index is 11.9. The molecule has 0 amide bonds. The summed E-state index contributed by atoms with van der Waals surface area (Å²) in [6.45, 7) is 6.41. The van der Waals surface area contributed by atoms with E-state index in [1.807, 2.05) is 23.9 Å². The van der Waals surface area contributed by atoms with E-state index in [0.717, 1.165) is 5.56 Å². The van der Waals surface area contributed by atoms with Crippen molar-refractivity contribution in [3.05, 3.63) is 29.8 Å². The number of Topliss-reactive ketones (excluding diaryl/α,β-unsaturated/α-hetero) is 1. The van der Waals surface area contributed by atoms with Crippen LogP contribution in [0.2, 0.25) is 0 Å². The molecule has 0 aromatic heterocycles. The molecule has 0 N–H and O–H groups in total. The number of hydrogen-bond acceptors (Lipinski definition) is 2. The van der Waals surface area contributed by atoms with Crippen LogP contribution in [0.3, 0.4) is 0 Å². The molecule has 0 spiro atoms. The van der Waals surface area contributed by atoms with Crippen molar-refractivity contribution in [1.29, 1.82) is 0 Å². The molecule has 1 nitrogen and oxygen atoms in total. The summed E-state index contributed by atoms with van der Waals surface area (Å²) >= 11 is 1.90. The van der Waals surface area contributed by atoms with Crippen molar-refractivity contribution in [2.75, 3.05) is 5.75 Å². The van der Waals surface area contributed by atoms with E-state index < -0.39 is 0 Å². The van der Waals surface area contributed by atoms with Crippen LogP contribution in [0.25, 0.3) is 0 Å². The van der Waals surface area contributed by atoms with E-state index >= 15 is 0 Å². The predicted molar refractivity (Wildman–Crippen MR) is 89.7 cm³/mol. The molecule has 20 heavy (non-hydrogen) atoms. The predicted octanol–water partition coefficient (Wildman–Crippen LogP) is 5.98. The second kappa shape index (κ2) is 10.0. The Morgan fingerprint density at radius 3 is 2.30 bits per heavy atom. The molecule has 0 atom stereocenters. The monoisotopic (exact) mass is 292 g/mol. The van der Waals surface area contributed by atoms with Crippen LogP contribution in [0.15, 0.2) is 29.2 Å². The summed E-state index contributed by atoms with van der Waals surface area (Å²) in [5, 5.41) is 0. The average Bonchev–Trinajstić information content (AvgIpc) is 2.42. The van der Waals surface area contributed by atoms with Gasteiger partial charge in [0.25, 0.3) is 0 Å². The Hall–Kier alpha value is -0.760. The van der Waals surface area contributed by atoms with Crippen molar-refractivity contribution in [2.45, 2.75) is 64.2 Å². The maximum Gasteiger partial charge on any atom is 0.163 e. The van der Waals surface area contributed by atoms with Crippen LogP contribution in [0.1, 0.15) is 69.7 Å². The molecule has 1 rings (SSSR count). The van der Waals surface area contributed by atoms with E-state index in [2.05, 4.69) is 32.9 Å². The van der Waals surface area contributed by atoms with Gasteiger partial charge >= 0.3 is 0 Å². The lowest BCUT2D eigenvalue weighted by Gasteiger charge is -2.06. The molecule has 0 aliphatic heterocycles. The van der Waals surface area contributed by atoms with Crippen LogP contribution in [0.4, 0.5) is 0 Å². The zero-order chi connectivity index (χ0) is 14.8. The minimum atomic E-state index is 0.260. The summed E-state index contributed by atoms with van der Waals surface area (Å²) in [6.07, 6.45) is 7.30. The van der Waals surface area contributed by atoms with Gasteiger partial charge in [-0.25, -0.2) is 0 Å². The molecule has 0 unspecified atom stereocenters. The third-order valence-electron chi connectivity index (χ3n) is 3.29. The highest BCUT2D eigenvalue weighted by Crippen LogP contribution is 2.21. The fourth-order valence-electron chi connectivity index (χ4n) is 2.12. The fourth-order valence-corrected chi connectivity index (χ4v) is 3.03. The first-order chi connectivity index (χ1) is 9.63. The van der Waals surface area contributed by atoms with Gasteiger partial charge in [-0.15, -0.1) is 11.8 Å². The number of carbonyl (C=O) groups excluding carboxylic acids is 1. The number of hydrogen-bond donors (Lipinski definition) is 0. The van der Waals surface area contributed by atoms with Crippen LogP contribution in [0, 0.1) is 5.92 Å². The summed E-state index contributed by atoms with van der Waals surface area (Å²) in [5.41, 5.74) is 0.853. The maximum atomic E-state index is 11.9. The number of carbonyl (C=O) groups is 1. The molecule has 0 heterocycles. The lowest BCUT2D eigenvalue weighted by Crippen LogP contribution is -2.03. The van der Waals surface area contributed by atoms with Crippen LogP contribution >= 0.6 is 11.8 Å². The number of ketones is 1. The van der Waals surface area contributed by atoms with E-state index in [1.165, 1.54) is 42.8 Å². The summed E-state index contributed by atoms with van der Waals surface area (Å²) in [5.74, 6) is 1.87. The Labute approximate surface area is 128 Å². The fraction of sp³-hybridized carbons (Fsp3) is 0.611. The van der Waals surface area contributed by atoms with Crippen molar-refractivity contribution in [3.63, 3.8) is 0 Å². The second-order valence-electron chi connectivity index (χ2n) is 5.81. The van der Waals surface area contributed by atoms with Crippen molar-refractivity contribution in [3.8, 4) is 0 Å². The van der Waals surface area contributed by atoms with Gasteiger partial charge in [-0.1, -0.05) is 58.6 Å². The molecule has 0 radical (unpaired) electrons. The SMILES string of the molecule is CCCCCCCSc1ccc(C(=O)CC(C)C)cc1. The first-order valence-electron chi connectivity index (χ1n) is 7.89. The smallest absolute Gasteiger partial charge is 0.163 e. The summed E-state index contributed by atoms with van der Waals surface area (Å²) in [4.78, 5) is 13.2. The Morgan fingerprint density at radius 2 is 1.70 bits per heavy atom. The van der Waals surface area contributed by atoms with Gasteiger partial charge in [0, 0.05) is 16.9 Å². The Morgan fingerprint density at radius 1 is 1.05 bits per heavy atom. The third kappa shape index (κ3) is 7.14. The topological polar surface area (TPSA) is 17.1 Å². The van der Waals surface area contributed by atoms with Gasteiger partial charge in [0.05, 0.1) is 0 Å². The molecule has 0 fully saturated rings. The summed E-state index contributed by atoms with van der Waals surface area (Å²) in [6, 6.07) is 8.13. The van der Waals surface area contributed by atoms with E-state index in [1.54, 1.807) is 0 Å². The largest absolute Gasteiger partial charge is 0.294 e. The first kappa shape index (κ1) is 17.3. The van der Waals surface area contributed by atoms with Crippen LogP contribution in [-0.2, 0) is 0 Å². The normalized spacial score (nSPS) is 11.0. The highest BCUT2D eigenvalue weighted by molar-refractivity contribution is 7.99. The van der Waals surface area contributed by atoms with Gasteiger partial charge in [-0.3, -0.25) is 4.79 Å². The number of rotatable bonds is 10. The Kier molecular flexibility index (Phi) is 8.68. The van der Waals surface area contributed by atoms with Crippen molar-refractivity contribution in [2.24, 2.45) is 5.92 Å². The summed E-state index contributed by atoms with van der Waals surface area (Å²) in [7, 11) is 0. The number of unbranched alkanes of at least 4 members (excludes halogenated alkanes) is 4. The van der Waals surface area contributed by atoms with Crippen LogP contribution < -0.4 is 0 Å². The molecule has 1 aromatic carbocycles. The minimum absolute atomic E-state index is 0.260. The molecular formula is C18H28OS. The number of benzene rings is 1. The van der Waals surface area contributed by atoms with Gasteiger partial charge in [0.15, 0.2) is 5.78 Å². The van der Waals surface area contributed by atoms with E-state index in [-0.39, 0.29) is 5.78 Å². The quantitative estimate of drug-likeness (QED) is 0.300. The van der Waals surface area contributed by atoms with Crippen molar-refractivity contribution >= 4 is 17.5 Å². The lowest BCUT2D eigenvalue weighted by molar-refractivity contribution is 0.0968.